The minimum atomic E-state index is -4.68. The van der Waals surface area contributed by atoms with Crippen LogP contribution in [0.4, 0.5) is 22.0 Å². The van der Waals surface area contributed by atoms with Gasteiger partial charge in [0.2, 0.25) is 5.92 Å². The van der Waals surface area contributed by atoms with E-state index in [-0.39, 0.29) is 49.0 Å². The molecule has 8 heteroatoms. The number of hydrogen-bond acceptors (Lipinski definition) is 2. The molecule has 1 fully saturated rings. The van der Waals surface area contributed by atoms with E-state index >= 15 is 0 Å². The summed E-state index contributed by atoms with van der Waals surface area (Å²) < 4.78 is 74.9. The van der Waals surface area contributed by atoms with E-state index in [9.17, 15) is 26.7 Å². The predicted molar refractivity (Wildman–Crippen MR) is 110 cm³/mol. The van der Waals surface area contributed by atoms with Crippen molar-refractivity contribution in [1.82, 2.24) is 0 Å². The van der Waals surface area contributed by atoms with Gasteiger partial charge in [-0.05, 0) is 41.4 Å². The molecule has 0 bridgehead atoms. The molecule has 1 aromatic rings. The molecule has 1 N–H and O–H groups in total. The van der Waals surface area contributed by atoms with Crippen molar-refractivity contribution in [2.24, 2.45) is 23.2 Å². The number of carboxylic acids is 1. The van der Waals surface area contributed by atoms with Gasteiger partial charge in [0.1, 0.15) is 5.75 Å². The van der Waals surface area contributed by atoms with Crippen molar-refractivity contribution in [3.8, 4) is 5.75 Å². The van der Waals surface area contributed by atoms with Crippen molar-refractivity contribution in [2.75, 3.05) is 6.61 Å². The van der Waals surface area contributed by atoms with Crippen LogP contribution in [0.1, 0.15) is 44.2 Å². The SMILES string of the molecule is CC1C=CC=CC1C1(C)CC(F)(F)CC1COc1ccc(CCC(=O)O)c(C(F)(F)F)c1. The number of hydrogen-bond donors (Lipinski definition) is 1. The summed E-state index contributed by atoms with van der Waals surface area (Å²) in [5, 5.41) is 8.77. The van der Waals surface area contributed by atoms with Crippen LogP contribution in [0.5, 0.6) is 5.75 Å². The fourth-order valence-electron chi connectivity index (χ4n) is 5.11. The van der Waals surface area contributed by atoms with E-state index < -0.39 is 41.4 Å². The van der Waals surface area contributed by atoms with Gasteiger partial charge in [0, 0.05) is 25.2 Å². The Hall–Kier alpha value is -2.38. The van der Waals surface area contributed by atoms with Gasteiger partial charge in [-0.3, -0.25) is 4.79 Å². The van der Waals surface area contributed by atoms with Gasteiger partial charge >= 0.3 is 12.1 Å². The van der Waals surface area contributed by atoms with Crippen LogP contribution in [0.25, 0.3) is 0 Å². The molecule has 1 saturated carbocycles. The van der Waals surface area contributed by atoms with Crippen molar-refractivity contribution >= 4 is 5.97 Å². The Morgan fingerprint density at radius 2 is 1.91 bits per heavy atom. The van der Waals surface area contributed by atoms with Crippen molar-refractivity contribution < 1.29 is 36.6 Å². The summed E-state index contributed by atoms with van der Waals surface area (Å²) in [7, 11) is 0. The molecule has 3 rings (SSSR count). The van der Waals surface area contributed by atoms with Crippen molar-refractivity contribution in [2.45, 2.75) is 51.6 Å². The molecule has 3 nitrogen and oxygen atoms in total. The van der Waals surface area contributed by atoms with Crippen molar-refractivity contribution in [1.29, 1.82) is 0 Å². The highest BCUT2D eigenvalue weighted by Gasteiger charge is 2.57. The standard InChI is InChI=1S/C24H27F5O3/c1-15-5-3-4-6-19(15)22(2)14-23(25,26)12-17(22)13-32-18-9-7-16(8-10-21(30)31)20(11-18)24(27,28)29/h3-7,9,11,15,17,19H,8,10,12-14H2,1-2H3,(H,30,31). The van der Waals surface area contributed by atoms with Gasteiger partial charge in [0.05, 0.1) is 12.2 Å². The first kappa shape index (κ1) is 24.3. The Morgan fingerprint density at radius 3 is 2.53 bits per heavy atom. The molecule has 4 atom stereocenters. The minimum Gasteiger partial charge on any atom is -0.493 e. The lowest BCUT2D eigenvalue weighted by Crippen LogP contribution is -2.37. The summed E-state index contributed by atoms with van der Waals surface area (Å²) in [4.78, 5) is 10.7. The number of aliphatic carboxylic acids is 1. The maximum atomic E-state index is 14.4. The second-order valence-electron chi connectivity index (χ2n) is 9.12. The Kier molecular flexibility index (Phi) is 6.72. The molecule has 0 radical (unpaired) electrons. The highest BCUT2D eigenvalue weighted by molar-refractivity contribution is 5.67. The summed E-state index contributed by atoms with van der Waals surface area (Å²) in [6, 6.07) is 3.36. The number of halogens is 5. The normalized spacial score (nSPS) is 29.3. The van der Waals surface area contributed by atoms with Crippen LogP contribution in [0.3, 0.4) is 0 Å². The number of aryl methyl sites for hydroxylation is 1. The molecule has 0 aromatic heterocycles. The number of benzene rings is 1. The molecular weight excluding hydrogens is 431 g/mol. The molecular formula is C24H27F5O3. The van der Waals surface area contributed by atoms with E-state index in [1.807, 2.05) is 38.2 Å². The smallest absolute Gasteiger partial charge is 0.416 e. The van der Waals surface area contributed by atoms with Gasteiger partial charge in [-0.2, -0.15) is 13.2 Å². The molecule has 0 spiro atoms. The highest BCUT2D eigenvalue weighted by Crippen LogP contribution is 2.57. The van der Waals surface area contributed by atoms with Crippen LogP contribution in [-0.2, 0) is 17.4 Å². The van der Waals surface area contributed by atoms with Gasteiger partial charge in [0.25, 0.3) is 0 Å². The van der Waals surface area contributed by atoms with E-state index in [4.69, 9.17) is 9.84 Å². The van der Waals surface area contributed by atoms with Crippen LogP contribution in [-0.4, -0.2) is 23.6 Å². The summed E-state index contributed by atoms with van der Waals surface area (Å²) >= 11 is 0. The summed E-state index contributed by atoms with van der Waals surface area (Å²) in [6.07, 6.45) is 1.56. The Labute approximate surface area is 184 Å². The van der Waals surface area contributed by atoms with Crippen LogP contribution < -0.4 is 4.74 Å². The summed E-state index contributed by atoms with van der Waals surface area (Å²) in [5.74, 6) is -4.73. The molecule has 0 saturated heterocycles. The van der Waals surface area contributed by atoms with Gasteiger partial charge in [-0.25, -0.2) is 8.78 Å². The Bertz CT molecular complexity index is 905. The summed E-state index contributed by atoms with van der Waals surface area (Å²) in [5.41, 5.74) is -1.87. The van der Waals surface area contributed by atoms with E-state index in [2.05, 4.69) is 0 Å². The van der Waals surface area contributed by atoms with E-state index in [0.29, 0.717) is 0 Å². The van der Waals surface area contributed by atoms with Gasteiger partial charge < -0.3 is 9.84 Å². The van der Waals surface area contributed by atoms with Crippen molar-refractivity contribution in [3.05, 3.63) is 53.6 Å². The molecule has 32 heavy (non-hydrogen) atoms. The molecule has 0 heterocycles. The maximum absolute atomic E-state index is 14.4. The fourth-order valence-corrected chi connectivity index (χ4v) is 5.11. The lowest BCUT2D eigenvalue weighted by Gasteiger charge is -2.40. The Balaban J connectivity index is 1.80. The molecule has 2 aliphatic rings. The molecule has 0 amide bonds. The van der Waals surface area contributed by atoms with Crippen LogP contribution in [0.15, 0.2) is 42.5 Å². The average Bonchev–Trinajstić information content (AvgIpc) is 2.93. The number of ether oxygens (including phenoxy) is 1. The molecule has 4 unspecified atom stereocenters. The molecule has 2 aliphatic carbocycles. The molecule has 176 valence electrons. The second kappa shape index (κ2) is 8.87. The third-order valence-electron chi connectivity index (χ3n) is 6.74. The quantitative estimate of drug-likeness (QED) is 0.473. The zero-order chi connectivity index (χ0) is 23.7. The lowest BCUT2D eigenvalue weighted by molar-refractivity contribution is -0.140. The van der Waals surface area contributed by atoms with E-state index in [1.165, 1.54) is 12.1 Å². The van der Waals surface area contributed by atoms with E-state index in [1.54, 1.807) is 0 Å². The maximum Gasteiger partial charge on any atom is 0.416 e. The third kappa shape index (κ3) is 5.33. The number of allylic oxidation sites excluding steroid dienone is 4. The number of carbonyl (C=O) groups is 1. The Morgan fingerprint density at radius 1 is 1.22 bits per heavy atom. The van der Waals surface area contributed by atoms with Crippen LogP contribution in [0, 0.1) is 23.2 Å². The predicted octanol–water partition coefficient (Wildman–Crippen LogP) is 6.53. The number of alkyl halides is 5. The largest absolute Gasteiger partial charge is 0.493 e. The first-order valence-electron chi connectivity index (χ1n) is 10.6. The fraction of sp³-hybridized carbons (Fsp3) is 0.542. The van der Waals surface area contributed by atoms with E-state index in [0.717, 1.165) is 6.07 Å². The zero-order valence-electron chi connectivity index (χ0n) is 18.0. The lowest BCUT2D eigenvalue weighted by atomic mass is 9.64. The highest BCUT2D eigenvalue weighted by atomic mass is 19.4. The van der Waals surface area contributed by atoms with Crippen LogP contribution in [0.2, 0.25) is 0 Å². The minimum absolute atomic E-state index is 0.0618. The first-order chi connectivity index (χ1) is 14.8. The topological polar surface area (TPSA) is 46.5 Å². The van der Waals surface area contributed by atoms with Crippen LogP contribution >= 0.6 is 0 Å². The number of rotatable bonds is 7. The van der Waals surface area contributed by atoms with Gasteiger partial charge in [-0.15, -0.1) is 0 Å². The first-order valence-corrected chi connectivity index (χ1v) is 10.6. The molecule has 0 aliphatic heterocycles. The van der Waals surface area contributed by atoms with Gasteiger partial charge in [-0.1, -0.05) is 44.2 Å². The van der Waals surface area contributed by atoms with Gasteiger partial charge in [0.15, 0.2) is 0 Å². The second-order valence-corrected chi connectivity index (χ2v) is 9.12. The third-order valence-corrected chi connectivity index (χ3v) is 6.74. The molecule has 1 aromatic carbocycles. The van der Waals surface area contributed by atoms with Crippen molar-refractivity contribution in [3.63, 3.8) is 0 Å². The number of carboxylic acid groups (broad SMARTS) is 1. The monoisotopic (exact) mass is 458 g/mol. The summed E-state index contributed by atoms with van der Waals surface area (Å²) in [6.45, 7) is 3.65. The zero-order valence-corrected chi connectivity index (χ0v) is 18.0. The average molecular weight is 458 g/mol.